The molecule has 2 heterocycles. The number of imidazole rings is 1. The van der Waals surface area contributed by atoms with E-state index in [9.17, 15) is 0 Å². The fourth-order valence-electron chi connectivity index (χ4n) is 5.54. The maximum Gasteiger partial charge on any atom is 0.293 e. The molecule has 0 spiro atoms. The van der Waals surface area contributed by atoms with Crippen LogP contribution >= 0.6 is 0 Å². The minimum Gasteiger partial charge on any atom is -0.455 e. The highest BCUT2D eigenvalue weighted by Gasteiger charge is 2.27. The molecule has 0 radical (unpaired) electrons. The van der Waals surface area contributed by atoms with Crippen molar-refractivity contribution in [3.8, 4) is 11.4 Å². The van der Waals surface area contributed by atoms with Crippen LogP contribution in [0, 0.1) is 6.92 Å². The Balaban J connectivity index is 1.62. The summed E-state index contributed by atoms with van der Waals surface area (Å²) < 4.78 is 11.2. The lowest BCUT2D eigenvalue weighted by Crippen LogP contribution is -2.30. The number of furan rings is 1. The van der Waals surface area contributed by atoms with Crippen molar-refractivity contribution in [2.45, 2.75) is 6.92 Å². The van der Waals surface area contributed by atoms with Crippen molar-refractivity contribution >= 4 is 54.5 Å². The molecule has 33 heavy (non-hydrogen) atoms. The summed E-state index contributed by atoms with van der Waals surface area (Å²) in [5, 5.41) is 7.30. The fraction of sp³-hybridized carbons (Fsp3) is 0.100. The van der Waals surface area contributed by atoms with E-state index in [0.29, 0.717) is 0 Å². The first-order chi connectivity index (χ1) is 16.1. The molecule has 0 fully saturated rings. The van der Waals surface area contributed by atoms with Crippen LogP contribution in [-0.4, -0.2) is 4.57 Å². The van der Waals surface area contributed by atoms with Gasteiger partial charge in [0.15, 0.2) is 16.6 Å². The molecule has 0 atom stereocenters. The van der Waals surface area contributed by atoms with Crippen LogP contribution in [0.3, 0.4) is 0 Å². The number of fused-ring (bicyclic) bond motifs is 7. The number of aryl methyl sites for hydroxylation is 3. The lowest BCUT2D eigenvalue weighted by Gasteiger charge is -2.05. The molecule has 3 nitrogen and oxygen atoms in total. The van der Waals surface area contributed by atoms with E-state index >= 15 is 0 Å². The zero-order valence-electron chi connectivity index (χ0n) is 18.9. The second kappa shape index (κ2) is 6.46. The molecule has 0 N–H and O–H groups in total. The Bertz CT molecular complexity index is 1860. The van der Waals surface area contributed by atoms with E-state index in [0.717, 1.165) is 33.3 Å². The normalized spacial score (nSPS) is 12.1. The van der Waals surface area contributed by atoms with Crippen molar-refractivity contribution in [2.75, 3.05) is 0 Å². The number of rotatable bonds is 1. The highest BCUT2D eigenvalue weighted by Crippen LogP contribution is 2.40. The number of benzene rings is 5. The lowest BCUT2D eigenvalue weighted by atomic mass is 9.99. The van der Waals surface area contributed by atoms with E-state index in [1.165, 1.54) is 38.1 Å². The predicted octanol–water partition coefficient (Wildman–Crippen LogP) is 7.18. The van der Waals surface area contributed by atoms with E-state index in [-0.39, 0.29) is 0 Å². The average Bonchev–Trinajstić information content (AvgIpc) is 3.32. The molecule has 0 saturated heterocycles. The van der Waals surface area contributed by atoms with Crippen LogP contribution in [0.1, 0.15) is 5.56 Å². The van der Waals surface area contributed by atoms with Crippen molar-refractivity contribution in [3.63, 3.8) is 0 Å². The summed E-state index contributed by atoms with van der Waals surface area (Å²) in [5.74, 6) is 1.15. The monoisotopic (exact) mass is 427 g/mol. The molecule has 0 amide bonds. The molecule has 0 aliphatic rings. The third kappa shape index (κ3) is 2.42. The second-order valence-corrected chi connectivity index (χ2v) is 9.02. The van der Waals surface area contributed by atoms with Gasteiger partial charge in [-0.3, -0.25) is 0 Å². The Morgan fingerprint density at radius 3 is 2.39 bits per heavy atom. The van der Waals surface area contributed by atoms with Gasteiger partial charge in [0, 0.05) is 10.8 Å². The van der Waals surface area contributed by atoms with E-state index < -0.39 is 0 Å². The van der Waals surface area contributed by atoms with E-state index in [4.69, 9.17) is 4.42 Å². The van der Waals surface area contributed by atoms with Crippen LogP contribution in [-0.2, 0) is 14.1 Å². The average molecular weight is 428 g/mol. The molecule has 3 heteroatoms. The molecule has 7 aromatic rings. The topological polar surface area (TPSA) is 21.9 Å². The number of para-hydroxylation sites is 2. The largest absolute Gasteiger partial charge is 0.455 e. The first-order valence-corrected chi connectivity index (χ1v) is 11.3. The summed E-state index contributed by atoms with van der Waals surface area (Å²) in [6.45, 7) is 2.17. The third-order valence-corrected chi connectivity index (χ3v) is 7.18. The van der Waals surface area contributed by atoms with Crippen LogP contribution in [0.15, 0.2) is 89.3 Å². The summed E-state index contributed by atoms with van der Waals surface area (Å²) in [4.78, 5) is 0. The molecule has 0 bridgehead atoms. The highest BCUT2D eigenvalue weighted by molar-refractivity contribution is 6.17. The SMILES string of the molecule is Cc1ccc2c(oc3cc4c(ccc5ccccc54)cc32)c1-c1n(C)c2ccccc2[n+]1C. The van der Waals surface area contributed by atoms with Gasteiger partial charge in [0.05, 0.1) is 14.1 Å². The molecular formula is C30H23N2O+. The van der Waals surface area contributed by atoms with Gasteiger partial charge in [-0.05, 0) is 58.3 Å². The summed E-state index contributed by atoms with van der Waals surface area (Å²) in [6.07, 6.45) is 0. The summed E-state index contributed by atoms with van der Waals surface area (Å²) >= 11 is 0. The summed E-state index contributed by atoms with van der Waals surface area (Å²) in [7, 11) is 4.28. The Kier molecular flexibility index (Phi) is 3.61. The van der Waals surface area contributed by atoms with E-state index in [2.05, 4.69) is 115 Å². The Morgan fingerprint density at radius 2 is 1.52 bits per heavy atom. The van der Waals surface area contributed by atoms with Gasteiger partial charge in [0.25, 0.3) is 5.82 Å². The Morgan fingerprint density at radius 1 is 0.727 bits per heavy atom. The van der Waals surface area contributed by atoms with Crippen molar-refractivity contribution in [1.82, 2.24) is 4.57 Å². The molecule has 2 aromatic heterocycles. The van der Waals surface area contributed by atoms with Gasteiger partial charge >= 0.3 is 0 Å². The van der Waals surface area contributed by atoms with Crippen LogP contribution < -0.4 is 4.57 Å². The van der Waals surface area contributed by atoms with Gasteiger partial charge in [-0.25, -0.2) is 9.13 Å². The minimum atomic E-state index is 0.933. The molecule has 0 unspecified atom stereocenters. The number of hydrogen-bond donors (Lipinski definition) is 0. The van der Waals surface area contributed by atoms with Crippen molar-refractivity contribution < 1.29 is 8.98 Å². The molecule has 0 aliphatic carbocycles. The van der Waals surface area contributed by atoms with Gasteiger partial charge in [-0.1, -0.05) is 60.7 Å². The number of aromatic nitrogens is 2. The predicted molar refractivity (Wildman–Crippen MR) is 137 cm³/mol. The third-order valence-electron chi connectivity index (χ3n) is 7.18. The fourth-order valence-corrected chi connectivity index (χ4v) is 5.54. The standard InChI is InChI=1S/C30H23N2O/c1-18-12-15-22-24-16-20-14-13-19-8-4-5-9-21(19)23(20)17-27(24)33-29(22)28(18)30-31(2)25-10-6-7-11-26(25)32(30)3/h4-17H,1-3H3/q+1. The van der Waals surface area contributed by atoms with Crippen molar-refractivity contribution in [1.29, 1.82) is 0 Å². The Labute approximate surface area is 191 Å². The summed E-state index contributed by atoms with van der Waals surface area (Å²) in [5.41, 5.74) is 6.66. The molecule has 158 valence electrons. The van der Waals surface area contributed by atoms with Gasteiger partial charge in [0.1, 0.15) is 11.1 Å². The Hall–Kier alpha value is -4.11. The van der Waals surface area contributed by atoms with Crippen LogP contribution in [0.5, 0.6) is 0 Å². The van der Waals surface area contributed by atoms with Crippen LogP contribution in [0.2, 0.25) is 0 Å². The highest BCUT2D eigenvalue weighted by atomic mass is 16.3. The first-order valence-electron chi connectivity index (χ1n) is 11.3. The summed E-state index contributed by atoms with van der Waals surface area (Å²) in [6, 6.07) is 30.4. The lowest BCUT2D eigenvalue weighted by molar-refractivity contribution is -0.634. The van der Waals surface area contributed by atoms with E-state index in [1.54, 1.807) is 0 Å². The zero-order chi connectivity index (χ0) is 22.3. The molecule has 5 aromatic carbocycles. The smallest absolute Gasteiger partial charge is 0.293 e. The number of hydrogen-bond acceptors (Lipinski definition) is 1. The molecule has 0 saturated carbocycles. The maximum atomic E-state index is 6.66. The van der Waals surface area contributed by atoms with Crippen molar-refractivity contribution in [2.24, 2.45) is 14.1 Å². The minimum absolute atomic E-state index is 0.933. The van der Waals surface area contributed by atoms with Crippen LogP contribution in [0.25, 0.3) is 65.9 Å². The first kappa shape index (κ1) is 18.5. The molecule has 0 aliphatic heterocycles. The molecular weight excluding hydrogens is 404 g/mol. The van der Waals surface area contributed by atoms with Gasteiger partial charge in [-0.2, -0.15) is 0 Å². The van der Waals surface area contributed by atoms with E-state index in [1.807, 2.05) is 0 Å². The molecule has 7 rings (SSSR count). The number of nitrogens with zero attached hydrogens (tertiary/aromatic N) is 2. The van der Waals surface area contributed by atoms with Crippen LogP contribution in [0.4, 0.5) is 0 Å². The quantitative estimate of drug-likeness (QED) is 0.201. The van der Waals surface area contributed by atoms with Gasteiger partial charge < -0.3 is 4.42 Å². The van der Waals surface area contributed by atoms with Crippen molar-refractivity contribution in [3.05, 3.63) is 90.5 Å². The van der Waals surface area contributed by atoms with Gasteiger partial charge in [-0.15, -0.1) is 0 Å². The zero-order valence-corrected chi connectivity index (χ0v) is 18.9. The maximum absolute atomic E-state index is 6.66. The second-order valence-electron chi connectivity index (χ2n) is 9.02. The van der Waals surface area contributed by atoms with Gasteiger partial charge in [0.2, 0.25) is 0 Å².